The number of para-hydroxylation sites is 1. The van der Waals surface area contributed by atoms with E-state index in [0.717, 1.165) is 16.3 Å². The Bertz CT molecular complexity index is 1410. The topological polar surface area (TPSA) is 88.3 Å². The zero-order valence-corrected chi connectivity index (χ0v) is 20.8. The molecule has 0 aliphatic carbocycles. The van der Waals surface area contributed by atoms with Gasteiger partial charge >= 0.3 is 0 Å². The van der Waals surface area contributed by atoms with E-state index in [4.69, 9.17) is 4.52 Å². The third-order valence-electron chi connectivity index (χ3n) is 6.88. The van der Waals surface area contributed by atoms with Gasteiger partial charge in [-0.05, 0) is 48.2 Å². The Hall–Kier alpha value is -4.00. The molecule has 7 heteroatoms. The Labute approximate surface area is 210 Å². The molecule has 0 unspecified atom stereocenters. The van der Waals surface area contributed by atoms with E-state index in [1.165, 1.54) is 0 Å². The number of carbonyl (C=O) groups is 2. The smallest absolute Gasteiger partial charge is 0.260 e. The highest BCUT2D eigenvalue weighted by Gasteiger charge is 2.29. The van der Waals surface area contributed by atoms with E-state index in [1.807, 2.05) is 86.3 Å². The lowest BCUT2D eigenvalue weighted by molar-refractivity contribution is -0.121. The van der Waals surface area contributed by atoms with Gasteiger partial charge in [-0.2, -0.15) is 4.98 Å². The van der Waals surface area contributed by atoms with Crippen molar-refractivity contribution in [2.24, 2.45) is 5.92 Å². The van der Waals surface area contributed by atoms with Crippen LogP contribution < -0.4 is 5.32 Å². The fourth-order valence-electron chi connectivity index (χ4n) is 4.74. The van der Waals surface area contributed by atoms with E-state index in [9.17, 15) is 9.59 Å². The number of benzene rings is 3. The van der Waals surface area contributed by atoms with Crippen LogP contribution >= 0.6 is 0 Å². The summed E-state index contributed by atoms with van der Waals surface area (Å²) >= 11 is 0. The summed E-state index contributed by atoms with van der Waals surface area (Å²) in [6, 6.07) is 19.5. The first-order valence-corrected chi connectivity index (χ1v) is 12.4. The predicted octanol–water partition coefficient (Wildman–Crippen LogP) is 5.81. The molecule has 1 saturated heterocycles. The Morgan fingerprint density at radius 3 is 2.47 bits per heavy atom. The summed E-state index contributed by atoms with van der Waals surface area (Å²) in [6.07, 6.45) is 1.23. The van der Waals surface area contributed by atoms with E-state index in [-0.39, 0.29) is 23.7 Å². The highest BCUT2D eigenvalue weighted by Crippen LogP contribution is 2.32. The second kappa shape index (κ2) is 9.93. The van der Waals surface area contributed by atoms with Gasteiger partial charge in [0.15, 0.2) is 5.82 Å². The first-order valence-electron chi connectivity index (χ1n) is 12.4. The molecule has 1 aromatic heterocycles. The minimum Gasteiger partial charge on any atom is -0.339 e. The molecular formula is C29H30N4O3. The molecule has 2 heterocycles. The number of aromatic nitrogens is 2. The van der Waals surface area contributed by atoms with Crippen LogP contribution in [0.15, 0.2) is 65.2 Å². The molecule has 0 radical (unpaired) electrons. The summed E-state index contributed by atoms with van der Waals surface area (Å²) in [4.78, 5) is 32.9. The van der Waals surface area contributed by atoms with E-state index in [1.54, 1.807) is 0 Å². The molecule has 5 rings (SSSR count). The second-order valence-electron chi connectivity index (χ2n) is 9.69. The number of nitrogens with one attached hydrogen (secondary N) is 1. The summed E-state index contributed by atoms with van der Waals surface area (Å²) in [5.74, 6) is 0.964. The van der Waals surface area contributed by atoms with Crippen molar-refractivity contribution in [1.29, 1.82) is 0 Å². The Kier molecular flexibility index (Phi) is 6.55. The number of hydrogen-bond acceptors (Lipinski definition) is 5. The van der Waals surface area contributed by atoms with Crippen molar-refractivity contribution in [1.82, 2.24) is 15.0 Å². The maximum absolute atomic E-state index is 13.3. The monoisotopic (exact) mass is 482 g/mol. The standard InChI is InChI=1S/C29H30N4O3/c1-18(2)26-31-28(36-32-26)24-13-6-8-19(3)25(24)30-27(34)21-14-16-33(17-15-21)29(35)23-12-7-10-20-9-4-5-11-22(20)23/h4-13,18,21H,14-17H2,1-3H3,(H,30,34). The van der Waals surface area contributed by atoms with Crippen LogP contribution in [0.5, 0.6) is 0 Å². The maximum Gasteiger partial charge on any atom is 0.260 e. The zero-order valence-electron chi connectivity index (χ0n) is 20.8. The molecule has 1 N–H and O–H groups in total. The van der Waals surface area contributed by atoms with Crippen LogP contribution in [-0.4, -0.2) is 39.9 Å². The Morgan fingerprint density at radius 1 is 1.00 bits per heavy atom. The molecule has 0 spiro atoms. The first-order chi connectivity index (χ1) is 17.4. The molecule has 1 fully saturated rings. The van der Waals surface area contributed by atoms with Crippen LogP contribution in [0.1, 0.15) is 54.4 Å². The molecule has 1 aliphatic rings. The van der Waals surface area contributed by atoms with Crippen molar-refractivity contribution < 1.29 is 14.1 Å². The zero-order chi connectivity index (χ0) is 25.2. The predicted molar refractivity (Wildman–Crippen MR) is 140 cm³/mol. The number of likely N-dealkylation sites (tertiary alicyclic amines) is 1. The van der Waals surface area contributed by atoms with Crippen molar-refractivity contribution in [3.05, 3.63) is 77.6 Å². The fraction of sp³-hybridized carbons (Fsp3) is 0.310. The van der Waals surface area contributed by atoms with Gasteiger partial charge in [-0.1, -0.05) is 67.5 Å². The van der Waals surface area contributed by atoms with Crippen molar-refractivity contribution in [2.75, 3.05) is 18.4 Å². The lowest BCUT2D eigenvalue weighted by Gasteiger charge is -2.32. The number of hydrogen-bond donors (Lipinski definition) is 1. The van der Waals surface area contributed by atoms with Gasteiger partial charge in [0.1, 0.15) is 0 Å². The summed E-state index contributed by atoms with van der Waals surface area (Å²) < 4.78 is 5.49. The second-order valence-corrected chi connectivity index (χ2v) is 9.69. The van der Waals surface area contributed by atoms with Crippen molar-refractivity contribution >= 4 is 28.3 Å². The van der Waals surface area contributed by atoms with Gasteiger partial charge in [-0.15, -0.1) is 0 Å². The molecule has 7 nitrogen and oxygen atoms in total. The summed E-state index contributed by atoms with van der Waals surface area (Å²) in [5, 5.41) is 9.19. The van der Waals surface area contributed by atoms with Gasteiger partial charge in [-0.25, -0.2) is 0 Å². The van der Waals surface area contributed by atoms with Crippen molar-refractivity contribution in [3.8, 4) is 11.5 Å². The number of fused-ring (bicyclic) bond motifs is 1. The van der Waals surface area contributed by atoms with Crippen LogP contribution in [0.2, 0.25) is 0 Å². The van der Waals surface area contributed by atoms with Crippen molar-refractivity contribution in [2.45, 2.75) is 39.5 Å². The average molecular weight is 483 g/mol. The molecule has 4 aromatic rings. The third kappa shape index (κ3) is 4.61. The number of nitrogens with zero attached hydrogens (tertiary/aromatic N) is 3. The Balaban J connectivity index is 1.28. The van der Waals surface area contributed by atoms with Gasteiger partial charge in [0.2, 0.25) is 5.91 Å². The molecule has 36 heavy (non-hydrogen) atoms. The highest BCUT2D eigenvalue weighted by molar-refractivity contribution is 6.07. The molecule has 184 valence electrons. The van der Waals surface area contributed by atoms with Crippen LogP contribution in [0, 0.1) is 12.8 Å². The fourth-order valence-corrected chi connectivity index (χ4v) is 4.74. The normalized spacial score (nSPS) is 14.4. The van der Waals surface area contributed by atoms with E-state index >= 15 is 0 Å². The lowest BCUT2D eigenvalue weighted by atomic mass is 9.94. The summed E-state index contributed by atoms with van der Waals surface area (Å²) in [5.41, 5.74) is 3.04. The largest absolute Gasteiger partial charge is 0.339 e. The molecule has 3 aromatic carbocycles. The molecule has 1 aliphatic heterocycles. The number of amides is 2. The van der Waals surface area contributed by atoms with Gasteiger partial charge in [-0.3, -0.25) is 9.59 Å². The van der Waals surface area contributed by atoms with E-state index in [2.05, 4.69) is 15.5 Å². The van der Waals surface area contributed by atoms with Crippen molar-refractivity contribution in [3.63, 3.8) is 0 Å². The van der Waals surface area contributed by atoms with Gasteiger partial charge < -0.3 is 14.7 Å². The van der Waals surface area contributed by atoms with Crippen LogP contribution in [0.25, 0.3) is 22.2 Å². The molecule has 0 saturated carbocycles. The Morgan fingerprint density at radius 2 is 1.72 bits per heavy atom. The maximum atomic E-state index is 13.3. The van der Waals surface area contributed by atoms with Crippen LogP contribution in [-0.2, 0) is 4.79 Å². The highest BCUT2D eigenvalue weighted by atomic mass is 16.5. The minimum atomic E-state index is -0.178. The summed E-state index contributed by atoms with van der Waals surface area (Å²) in [6.45, 7) is 7.05. The molecular weight excluding hydrogens is 452 g/mol. The number of anilines is 1. The van der Waals surface area contributed by atoms with E-state index < -0.39 is 0 Å². The molecule has 0 bridgehead atoms. The van der Waals surface area contributed by atoms with Crippen LogP contribution in [0.3, 0.4) is 0 Å². The molecule has 2 amide bonds. The third-order valence-corrected chi connectivity index (χ3v) is 6.88. The number of rotatable bonds is 5. The number of aryl methyl sites for hydroxylation is 1. The summed E-state index contributed by atoms with van der Waals surface area (Å²) in [7, 11) is 0. The van der Waals surface area contributed by atoms with Gasteiger partial charge in [0.05, 0.1) is 11.3 Å². The minimum absolute atomic E-state index is 0.0178. The quantitative estimate of drug-likeness (QED) is 0.388. The number of carbonyl (C=O) groups excluding carboxylic acids is 2. The van der Waals surface area contributed by atoms with Crippen LogP contribution in [0.4, 0.5) is 5.69 Å². The SMILES string of the molecule is Cc1cccc(-c2nc(C(C)C)no2)c1NC(=O)C1CCN(C(=O)c2cccc3ccccc23)CC1. The van der Waals surface area contributed by atoms with Gasteiger partial charge in [0, 0.05) is 30.5 Å². The van der Waals surface area contributed by atoms with E-state index in [0.29, 0.717) is 54.5 Å². The number of piperidine rings is 1. The molecule has 0 atom stereocenters. The van der Waals surface area contributed by atoms with Gasteiger partial charge in [0.25, 0.3) is 11.8 Å². The lowest BCUT2D eigenvalue weighted by Crippen LogP contribution is -2.41. The average Bonchev–Trinajstić information content (AvgIpc) is 3.40. The first kappa shape index (κ1) is 23.7.